The average Bonchev–Trinajstić information content (AvgIpc) is 3.11. The Morgan fingerprint density at radius 1 is 1.16 bits per heavy atom. The number of nitrogens with zero attached hydrogens (tertiary/aromatic N) is 3. The summed E-state index contributed by atoms with van der Waals surface area (Å²) in [7, 11) is 0. The third-order valence-electron chi connectivity index (χ3n) is 5.71. The van der Waals surface area contributed by atoms with Gasteiger partial charge in [0.05, 0.1) is 10.0 Å². The van der Waals surface area contributed by atoms with Gasteiger partial charge in [-0.05, 0) is 30.0 Å². The number of carbonyl (C=O) groups excluding carboxylic acids is 1. The lowest BCUT2D eigenvalue weighted by atomic mass is 9.73. The van der Waals surface area contributed by atoms with Crippen molar-refractivity contribution >= 4 is 34.9 Å². The van der Waals surface area contributed by atoms with Crippen LogP contribution in [0.5, 0.6) is 5.75 Å². The lowest BCUT2D eigenvalue weighted by molar-refractivity contribution is -0.118. The first kappa shape index (κ1) is 20.1. The highest BCUT2D eigenvalue weighted by molar-refractivity contribution is 6.42. The Hall–Kier alpha value is -2.83. The average molecular weight is 455 g/mol. The highest BCUT2D eigenvalue weighted by atomic mass is 35.5. The van der Waals surface area contributed by atoms with Gasteiger partial charge in [-0.3, -0.25) is 4.79 Å². The molecular formula is C23H20Cl2N4O2. The molecule has 3 aromatic rings. The van der Waals surface area contributed by atoms with Gasteiger partial charge in [0.15, 0.2) is 11.6 Å². The Morgan fingerprint density at radius 3 is 2.71 bits per heavy atom. The van der Waals surface area contributed by atoms with Crippen LogP contribution < -0.4 is 5.32 Å². The van der Waals surface area contributed by atoms with Gasteiger partial charge < -0.3 is 10.4 Å². The van der Waals surface area contributed by atoms with Gasteiger partial charge in [0.1, 0.15) is 11.8 Å². The summed E-state index contributed by atoms with van der Waals surface area (Å²) in [6.45, 7) is 4.16. The lowest BCUT2D eigenvalue weighted by Gasteiger charge is -2.38. The SMILES string of the molecule is CC1(C)CC(=O)C2=C(C1)Nc1nc(-c3cccc(O)c3)nn1C2c1cccc(Cl)c1Cl. The van der Waals surface area contributed by atoms with Crippen LogP contribution in [0.4, 0.5) is 5.95 Å². The molecule has 1 atom stereocenters. The van der Waals surface area contributed by atoms with E-state index in [0.29, 0.717) is 51.4 Å². The number of rotatable bonds is 2. The van der Waals surface area contributed by atoms with Crippen molar-refractivity contribution in [3.63, 3.8) is 0 Å². The van der Waals surface area contributed by atoms with E-state index in [1.165, 1.54) is 0 Å². The molecule has 0 saturated carbocycles. The van der Waals surface area contributed by atoms with Gasteiger partial charge in [-0.1, -0.05) is 61.3 Å². The predicted octanol–water partition coefficient (Wildman–Crippen LogP) is 5.62. The van der Waals surface area contributed by atoms with E-state index in [0.717, 1.165) is 5.70 Å². The van der Waals surface area contributed by atoms with Crippen molar-refractivity contribution in [3.05, 3.63) is 69.3 Å². The Labute approximate surface area is 189 Å². The minimum Gasteiger partial charge on any atom is -0.508 e. The van der Waals surface area contributed by atoms with Crippen LogP contribution in [0.25, 0.3) is 11.4 Å². The summed E-state index contributed by atoms with van der Waals surface area (Å²) in [6, 6.07) is 11.6. The van der Waals surface area contributed by atoms with Crippen LogP contribution in [0.3, 0.4) is 0 Å². The molecule has 2 heterocycles. The molecule has 0 amide bonds. The summed E-state index contributed by atoms with van der Waals surface area (Å²) >= 11 is 12.9. The molecule has 1 aromatic heterocycles. The number of allylic oxidation sites excluding steroid dienone is 2. The van der Waals surface area contributed by atoms with Gasteiger partial charge in [-0.2, -0.15) is 4.98 Å². The molecule has 1 unspecified atom stereocenters. The lowest BCUT2D eigenvalue weighted by Crippen LogP contribution is -2.36. The van der Waals surface area contributed by atoms with Gasteiger partial charge in [-0.25, -0.2) is 4.68 Å². The zero-order valence-corrected chi connectivity index (χ0v) is 18.5. The smallest absolute Gasteiger partial charge is 0.226 e. The maximum absolute atomic E-state index is 13.3. The number of phenols is 1. The van der Waals surface area contributed by atoms with Gasteiger partial charge in [0.2, 0.25) is 5.95 Å². The topological polar surface area (TPSA) is 80.0 Å². The Bertz CT molecular complexity index is 1260. The van der Waals surface area contributed by atoms with Crippen molar-refractivity contribution in [2.75, 3.05) is 5.32 Å². The monoisotopic (exact) mass is 454 g/mol. The van der Waals surface area contributed by atoms with E-state index in [9.17, 15) is 9.90 Å². The molecule has 0 saturated heterocycles. The second kappa shape index (κ2) is 7.11. The van der Waals surface area contributed by atoms with Crippen molar-refractivity contribution in [1.29, 1.82) is 0 Å². The number of phenolic OH excluding ortho intramolecular Hbond substituents is 1. The van der Waals surface area contributed by atoms with E-state index in [4.69, 9.17) is 28.3 Å². The molecule has 1 aliphatic carbocycles. The van der Waals surface area contributed by atoms with Crippen LogP contribution in [-0.4, -0.2) is 25.7 Å². The molecule has 0 bridgehead atoms. The molecule has 0 spiro atoms. The number of hydrogen-bond donors (Lipinski definition) is 2. The van der Waals surface area contributed by atoms with E-state index in [-0.39, 0.29) is 16.9 Å². The molecule has 1 aliphatic heterocycles. The van der Waals surface area contributed by atoms with E-state index >= 15 is 0 Å². The fourth-order valence-corrected chi connectivity index (χ4v) is 4.81. The summed E-state index contributed by atoms with van der Waals surface area (Å²) in [6.07, 6.45) is 1.14. The minimum atomic E-state index is -0.542. The van der Waals surface area contributed by atoms with Crippen molar-refractivity contribution in [1.82, 2.24) is 14.8 Å². The zero-order chi connectivity index (χ0) is 21.9. The van der Waals surface area contributed by atoms with Crippen molar-refractivity contribution < 1.29 is 9.90 Å². The van der Waals surface area contributed by atoms with Gasteiger partial charge in [0.25, 0.3) is 0 Å². The standard InChI is InChI=1S/C23H20Cl2N4O2/c1-23(2)10-16-18(17(31)11-23)20(14-7-4-8-15(24)19(14)25)29-22(26-16)27-21(28-29)12-5-3-6-13(30)9-12/h3-9,20,30H,10-11H2,1-2H3,(H,26,27,28). The quantitative estimate of drug-likeness (QED) is 0.525. The van der Waals surface area contributed by atoms with Crippen LogP contribution in [0, 0.1) is 5.41 Å². The van der Waals surface area contributed by atoms with Crippen LogP contribution in [0.15, 0.2) is 53.7 Å². The molecule has 6 nitrogen and oxygen atoms in total. The highest BCUT2D eigenvalue weighted by Gasteiger charge is 2.42. The highest BCUT2D eigenvalue weighted by Crippen LogP contribution is 2.47. The molecule has 5 rings (SSSR count). The number of benzene rings is 2. The third kappa shape index (κ3) is 3.40. The molecule has 2 N–H and O–H groups in total. The summed E-state index contributed by atoms with van der Waals surface area (Å²) < 4.78 is 1.69. The second-order valence-electron chi connectivity index (χ2n) is 8.76. The van der Waals surface area contributed by atoms with E-state index in [1.54, 1.807) is 28.9 Å². The van der Waals surface area contributed by atoms with Crippen molar-refractivity contribution in [2.24, 2.45) is 5.41 Å². The molecule has 158 valence electrons. The molecule has 2 aliphatic rings. The minimum absolute atomic E-state index is 0.0554. The number of ketones is 1. The number of anilines is 1. The maximum Gasteiger partial charge on any atom is 0.226 e. The predicted molar refractivity (Wildman–Crippen MR) is 120 cm³/mol. The first-order valence-electron chi connectivity index (χ1n) is 9.97. The molecule has 8 heteroatoms. The summed E-state index contributed by atoms with van der Waals surface area (Å²) in [4.78, 5) is 17.9. The van der Waals surface area contributed by atoms with Gasteiger partial charge >= 0.3 is 0 Å². The second-order valence-corrected chi connectivity index (χ2v) is 9.54. The van der Waals surface area contributed by atoms with Crippen molar-refractivity contribution in [2.45, 2.75) is 32.7 Å². The van der Waals surface area contributed by atoms with Crippen LogP contribution in [0.1, 0.15) is 38.3 Å². The van der Waals surface area contributed by atoms with E-state index < -0.39 is 6.04 Å². The summed E-state index contributed by atoms with van der Waals surface area (Å²) in [5.41, 5.74) is 2.68. The van der Waals surface area contributed by atoms with E-state index in [1.807, 2.05) is 18.2 Å². The molecule has 0 fully saturated rings. The summed E-state index contributed by atoms with van der Waals surface area (Å²) in [5.74, 6) is 1.14. The number of fused-ring (bicyclic) bond motifs is 1. The van der Waals surface area contributed by atoms with Crippen molar-refractivity contribution in [3.8, 4) is 17.1 Å². The number of carbonyl (C=O) groups is 1. The zero-order valence-electron chi connectivity index (χ0n) is 17.0. The maximum atomic E-state index is 13.3. The molecule has 31 heavy (non-hydrogen) atoms. The van der Waals surface area contributed by atoms with E-state index in [2.05, 4.69) is 24.1 Å². The normalized spacial score (nSPS) is 19.6. The molecule has 0 radical (unpaired) electrons. The summed E-state index contributed by atoms with van der Waals surface area (Å²) in [5, 5.41) is 18.7. The number of hydrogen-bond acceptors (Lipinski definition) is 5. The third-order valence-corrected chi connectivity index (χ3v) is 6.55. The fraction of sp³-hybridized carbons (Fsp3) is 0.261. The van der Waals surface area contributed by atoms with Crippen LogP contribution >= 0.6 is 23.2 Å². The number of Topliss-reactive ketones (excluding diaryl/α,β-unsaturated/α-hetero) is 1. The number of aromatic nitrogens is 3. The first-order chi connectivity index (χ1) is 14.7. The molecular weight excluding hydrogens is 435 g/mol. The van der Waals surface area contributed by atoms with Crippen LogP contribution in [-0.2, 0) is 4.79 Å². The number of aromatic hydroxyl groups is 1. The van der Waals surface area contributed by atoms with Gasteiger partial charge in [-0.15, -0.1) is 5.10 Å². The largest absolute Gasteiger partial charge is 0.508 e. The van der Waals surface area contributed by atoms with Crippen LogP contribution in [0.2, 0.25) is 10.0 Å². The first-order valence-corrected chi connectivity index (χ1v) is 10.7. The van der Waals surface area contributed by atoms with Gasteiger partial charge in [0, 0.05) is 28.8 Å². The molecule has 2 aromatic carbocycles. The fourth-order valence-electron chi connectivity index (χ4n) is 4.40. The Balaban J connectivity index is 1.72. The Morgan fingerprint density at radius 2 is 1.94 bits per heavy atom. The number of nitrogens with one attached hydrogen (secondary N) is 1. The number of halogens is 2. The Kier molecular flexibility index (Phi) is 4.61.